The number of hydrogen-bond acceptors (Lipinski definition) is 3. The second-order valence-electron chi connectivity index (χ2n) is 3.38. The molecule has 72 valence electrons. The maximum atomic E-state index is 4.28. The third-order valence-corrected chi connectivity index (χ3v) is 1.82. The van der Waals surface area contributed by atoms with Crippen LogP contribution in [0.1, 0.15) is 38.1 Å². The van der Waals surface area contributed by atoms with Crippen molar-refractivity contribution in [3.05, 3.63) is 23.8 Å². The van der Waals surface area contributed by atoms with Gasteiger partial charge in [-0.15, -0.1) is 0 Å². The standard InChI is InChI=1S/C10H17N3/c1-4-11-5-9-6-12-10(8(2)3)13-7-9/h6-8,11H,4-5H2,1-3H3. The summed E-state index contributed by atoms with van der Waals surface area (Å²) in [4.78, 5) is 8.56. The summed E-state index contributed by atoms with van der Waals surface area (Å²) in [5.74, 6) is 1.33. The summed E-state index contributed by atoms with van der Waals surface area (Å²) in [5, 5.41) is 3.23. The molecule has 0 spiro atoms. The number of rotatable bonds is 4. The van der Waals surface area contributed by atoms with Gasteiger partial charge in [0.05, 0.1) is 0 Å². The molecule has 0 aliphatic heterocycles. The summed E-state index contributed by atoms with van der Waals surface area (Å²) < 4.78 is 0. The van der Waals surface area contributed by atoms with Crippen LogP contribution < -0.4 is 5.32 Å². The molecule has 0 atom stereocenters. The van der Waals surface area contributed by atoms with E-state index < -0.39 is 0 Å². The Morgan fingerprint density at radius 3 is 2.38 bits per heavy atom. The number of nitrogens with zero attached hydrogens (tertiary/aromatic N) is 2. The van der Waals surface area contributed by atoms with Crippen molar-refractivity contribution in [1.82, 2.24) is 15.3 Å². The average Bonchev–Trinajstić information content (AvgIpc) is 2.15. The van der Waals surface area contributed by atoms with Crippen LogP contribution in [0.3, 0.4) is 0 Å². The van der Waals surface area contributed by atoms with Crippen molar-refractivity contribution in [2.24, 2.45) is 0 Å². The van der Waals surface area contributed by atoms with Crippen molar-refractivity contribution in [1.29, 1.82) is 0 Å². The normalized spacial score (nSPS) is 10.8. The van der Waals surface area contributed by atoms with Crippen LogP contribution in [0.25, 0.3) is 0 Å². The average molecular weight is 179 g/mol. The zero-order chi connectivity index (χ0) is 9.68. The molecule has 0 aliphatic rings. The van der Waals surface area contributed by atoms with Gasteiger partial charge in [-0.1, -0.05) is 20.8 Å². The van der Waals surface area contributed by atoms with E-state index >= 15 is 0 Å². The van der Waals surface area contributed by atoms with E-state index in [9.17, 15) is 0 Å². The third-order valence-electron chi connectivity index (χ3n) is 1.82. The molecule has 1 N–H and O–H groups in total. The van der Waals surface area contributed by atoms with Crippen molar-refractivity contribution in [2.45, 2.75) is 33.2 Å². The monoisotopic (exact) mass is 179 g/mol. The van der Waals surface area contributed by atoms with Crippen LogP contribution in [0, 0.1) is 0 Å². The Hall–Kier alpha value is -0.960. The molecular weight excluding hydrogens is 162 g/mol. The van der Waals surface area contributed by atoms with Gasteiger partial charge in [0, 0.05) is 30.4 Å². The molecule has 3 nitrogen and oxygen atoms in total. The smallest absolute Gasteiger partial charge is 0.130 e. The lowest BCUT2D eigenvalue weighted by atomic mass is 10.2. The highest BCUT2D eigenvalue weighted by molar-refractivity contribution is 5.06. The minimum atomic E-state index is 0.410. The molecule has 1 aromatic rings. The molecule has 3 heteroatoms. The SMILES string of the molecule is CCNCc1cnc(C(C)C)nc1. The zero-order valence-corrected chi connectivity index (χ0v) is 8.54. The molecule has 0 unspecified atom stereocenters. The van der Waals surface area contributed by atoms with E-state index in [-0.39, 0.29) is 0 Å². The Morgan fingerprint density at radius 1 is 1.31 bits per heavy atom. The molecular formula is C10H17N3. The Balaban J connectivity index is 2.59. The van der Waals surface area contributed by atoms with Crippen LogP contribution in [-0.4, -0.2) is 16.5 Å². The van der Waals surface area contributed by atoms with E-state index in [4.69, 9.17) is 0 Å². The topological polar surface area (TPSA) is 37.8 Å². The lowest BCUT2D eigenvalue weighted by Gasteiger charge is -2.04. The van der Waals surface area contributed by atoms with E-state index in [0.29, 0.717) is 5.92 Å². The summed E-state index contributed by atoms with van der Waals surface area (Å²) in [6, 6.07) is 0. The van der Waals surface area contributed by atoms with Crippen LogP contribution in [0.4, 0.5) is 0 Å². The lowest BCUT2D eigenvalue weighted by molar-refractivity contribution is 0.709. The Kier molecular flexibility index (Phi) is 3.83. The van der Waals surface area contributed by atoms with Gasteiger partial charge in [-0.3, -0.25) is 0 Å². The van der Waals surface area contributed by atoms with E-state index in [1.54, 1.807) is 0 Å². The molecule has 0 aliphatic carbocycles. The van der Waals surface area contributed by atoms with Crippen molar-refractivity contribution in [3.8, 4) is 0 Å². The Labute approximate surface area is 79.6 Å². The highest BCUT2D eigenvalue weighted by Gasteiger charge is 2.01. The second-order valence-corrected chi connectivity index (χ2v) is 3.38. The zero-order valence-electron chi connectivity index (χ0n) is 8.54. The minimum absolute atomic E-state index is 0.410. The Morgan fingerprint density at radius 2 is 1.92 bits per heavy atom. The summed E-state index contributed by atoms with van der Waals surface area (Å²) in [6.07, 6.45) is 3.79. The van der Waals surface area contributed by atoms with Crippen molar-refractivity contribution >= 4 is 0 Å². The van der Waals surface area contributed by atoms with Gasteiger partial charge in [-0.2, -0.15) is 0 Å². The molecule has 0 amide bonds. The van der Waals surface area contributed by atoms with Crippen molar-refractivity contribution < 1.29 is 0 Å². The minimum Gasteiger partial charge on any atom is -0.313 e. The molecule has 0 saturated carbocycles. The van der Waals surface area contributed by atoms with Gasteiger partial charge in [-0.05, 0) is 6.54 Å². The third kappa shape index (κ3) is 3.11. The highest BCUT2D eigenvalue weighted by Crippen LogP contribution is 2.07. The molecule has 1 aromatic heterocycles. The Bertz CT molecular complexity index is 241. The molecule has 1 rings (SSSR count). The largest absolute Gasteiger partial charge is 0.313 e. The molecule has 0 radical (unpaired) electrons. The molecule has 1 heterocycles. The maximum Gasteiger partial charge on any atom is 0.130 e. The van der Waals surface area contributed by atoms with E-state index in [2.05, 4.69) is 36.1 Å². The predicted molar refractivity (Wildman–Crippen MR) is 53.5 cm³/mol. The first-order valence-corrected chi connectivity index (χ1v) is 4.75. The first-order chi connectivity index (χ1) is 6.24. The van der Waals surface area contributed by atoms with E-state index in [1.165, 1.54) is 0 Å². The predicted octanol–water partition coefficient (Wildman–Crippen LogP) is 1.71. The lowest BCUT2D eigenvalue weighted by Crippen LogP contribution is -2.12. The van der Waals surface area contributed by atoms with Crippen molar-refractivity contribution in [2.75, 3.05) is 6.54 Å². The first kappa shape index (κ1) is 10.1. The van der Waals surface area contributed by atoms with Crippen LogP contribution in [0.15, 0.2) is 12.4 Å². The van der Waals surface area contributed by atoms with Gasteiger partial charge in [0.1, 0.15) is 5.82 Å². The number of hydrogen-bond donors (Lipinski definition) is 1. The number of nitrogens with one attached hydrogen (secondary N) is 1. The van der Waals surface area contributed by atoms with Crippen LogP contribution in [-0.2, 0) is 6.54 Å². The van der Waals surface area contributed by atoms with Gasteiger partial charge in [-0.25, -0.2) is 9.97 Å². The first-order valence-electron chi connectivity index (χ1n) is 4.75. The quantitative estimate of drug-likeness (QED) is 0.764. The maximum absolute atomic E-state index is 4.28. The summed E-state index contributed by atoms with van der Waals surface area (Å²) in [5.41, 5.74) is 1.14. The number of aromatic nitrogens is 2. The fraction of sp³-hybridized carbons (Fsp3) is 0.600. The second kappa shape index (κ2) is 4.92. The van der Waals surface area contributed by atoms with Gasteiger partial charge >= 0.3 is 0 Å². The molecule has 0 aromatic carbocycles. The molecule has 13 heavy (non-hydrogen) atoms. The van der Waals surface area contributed by atoms with Gasteiger partial charge in [0.15, 0.2) is 0 Å². The summed E-state index contributed by atoms with van der Waals surface area (Å²) >= 11 is 0. The molecule has 0 saturated heterocycles. The highest BCUT2D eigenvalue weighted by atomic mass is 14.9. The fourth-order valence-electron chi connectivity index (χ4n) is 1.02. The van der Waals surface area contributed by atoms with Crippen LogP contribution in [0.2, 0.25) is 0 Å². The summed E-state index contributed by atoms with van der Waals surface area (Å²) in [6.45, 7) is 8.11. The van der Waals surface area contributed by atoms with E-state index in [1.807, 2.05) is 12.4 Å². The summed E-state index contributed by atoms with van der Waals surface area (Å²) in [7, 11) is 0. The van der Waals surface area contributed by atoms with Gasteiger partial charge in [0.2, 0.25) is 0 Å². The van der Waals surface area contributed by atoms with E-state index in [0.717, 1.165) is 24.5 Å². The molecule has 0 fully saturated rings. The van der Waals surface area contributed by atoms with Crippen molar-refractivity contribution in [3.63, 3.8) is 0 Å². The molecule has 0 bridgehead atoms. The van der Waals surface area contributed by atoms with Gasteiger partial charge < -0.3 is 5.32 Å². The van der Waals surface area contributed by atoms with Crippen LogP contribution >= 0.6 is 0 Å². The van der Waals surface area contributed by atoms with Gasteiger partial charge in [0.25, 0.3) is 0 Å². The van der Waals surface area contributed by atoms with Crippen LogP contribution in [0.5, 0.6) is 0 Å². The fourth-order valence-corrected chi connectivity index (χ4v) is 1.02.